The molecule has 0 atom stereocenters. The Balaban J connectivity index is 1.25. The number of anilines is 1. The molecule has 0 amide bonds. The van der Waals surface area contributed by atoms with Crippen molar-refractivity contribution in [1.29, 1.82) is 0 Å². The number of hydrogen-bond acceptors (Lipinski definition) is 8. The van der Waals surface area contributed by atoms with Gasteiger partial charge in [-0.15, -0.1) is 0 Å². The number of fused-ring (bicyclic) bond motifs is 1. The van der Waals surface area contributed by atoms with E-state index in [4.69, 9.17) is 15.7 Å². The van der Waals surface area contributed by atoms with Crippen molar-refractivity contribution in [3.8, 4) is 28.3 Å². The van der Waals surface area contributed by atoms with Crippen LogP contribution in [0.2, 0.25) is 0 Å². The number of amidine groups is 1. The maximum Gasteiger partial charge on any atom is 0.196 e. The number of nitrogens with zero attached hydrogens (tertiary/aromatic N) is 6. The minimum absolute atomic E-state index is 0.375. The third-order valence-corrected chi connectivity index (χ3v) is 8.86. The van der Waals surface area contributed by atoms with E-state index in [9.17, 15) is 4.79 Å². The van der Waals surface area contributed by atoms with Gasteiger partial charge in [0.15, 0.2) is 17.1 Å². The van der Waals surface area contributed by atoms with Gasteiger partial charge in [-0.1, -0.05) is 42.5 Å². The Kier molecular flexibility index (Phi) is 8.99. The molecule has 5 aromatic rings. The van der Waals surface area contributed by atoms with Crippen LogP contribution in [0.15, 0.2) is 90.1 Å². The Hall–Kier alpha value is -4.54. The molecule has 3 aromatic heterocycles. The third-order valence-electron chi connectivity index (χ3n) is 8.44. The molecule has 3 N–H and O–H groups in total. The number of nitrogen functional groups attached to an aromatic ring is 1. The van der Waals surface area contributed by atoms with Crippen LogP contribution in [0.3, 0.4) is 0 Å². The maximum atomic E-state index is 10.8. The molecule has 1 fully saturated rings. The quantitative estimate of drug-likeness (QED) is 0.0888. The van der Waals surface area contributed by atoms with Crippen LogP contribution >= 0.6 is 11.9 Å². The number of aromatic nitrogens is 4. The molecule has 0 radical (unpaired) electrons. The first kappa shape index (κ1) is 29.5. The smallest absolute Gasteiger partial charge is 0.196 e. The maximum absolute atomic E-state index is 10.8. The SMILES string of the molecule is CN=C(NSC=O)C1CCC(N(C)Cc2ccc(-n3c(-c4cccnc4N)nc4ccc(-c5ccccc5)nc43)cc2)CC1. The average molecular weight is 605 g/mol. The average Bonchev–Trinajstić information content (AvgIpc) is 3.45. The van der Waals surface area contributed by atoms with E-state index in [0.29, 0.717) is 23.6 Å². The Bertz CT molecular complexity index is 1760. The zero-order chi connectivity index (χ0) is 30.5. The number of rotatable bonds is 9. The monoisotopic (exact) mass is 604 g/mol. The summed E-state index contributed by atoms with van der Waals surface area (Å²) in [7, 11) is 3.99. The van der Waals surface area contributed by atoms with E-state index in [-0.39, 0.29) is 0 Å². The lowest BCUT2D eigenvalue weighted by atomic mass is 9.84. The van der Waals surface area contributed by atoms with Crippen LogP contribution < -0.4 is 10.5 Å². The molecule has 1 saturated carbocycles. The molecule has 224 valence electrons. The van der Waals surface area contributed by atoms with Crippen molar-refractivity contribution in [2.45, 2.75) is 38.3 Å². The van der Waals surface area contributed by atoms with E-state index < -0.39 is 0 Å². The van der Waals surface area contributed by atoms with Crippen LogP contribution in [0, 0.1) is 5.92 Å². The second-order valence-electron chi connectivity index (χ2n) is 11.1. The number of hydrogen-bond donors (Lipinski definition) is 2. The first-order valence-electron chi connectivity index (χ1n) is 14.8. The topological polar surface area (TPSA) is 114 Å². The van der Waals surface area contributed by atoms with E-state index >= 15 is 0 Å². The van der Waals surface area contributed by atoms with Crippen LogP contribution in [0.1, 0.15) is 31.2 Å². The summed E-state index contributed by atoms with van der Waals surface area (Å²) in [6, 6.07) is 27.1. The predicted molar refractivity (Wildman–Crippen MR) is 180 cm³/mol. The molecule has 10 heteroatoms. The van der Waals surface area contributed by atoms with E-state index in [2.05, 4.69) is 67.6 Å². The number of benzene rings is 2. The summed E-state index contributed by atoms with van der Waals surface area (Å²) in [6.45, 7) is 0.854. The lowest BCUT2D eigenvalue weighted by molar-refractivity contribution is 0.173. The van der Waals surface area contributed by atoms with Crippen LogP contribution in [0.25, 0.3) is 39.5 Å². The molecule has 1 aliphatic rings. The predicted octanol–water partition coefficient (Wildman–Crippen LogP) is 6.18. The van der Waals surface area contributed by atoms with Gasteiger partial charge in [-0.25, -0.2) is 15.0 Å². The molecular formula is C34H36N8OS. The molecule has 0 bridgehead atoms. The number of aliphatic imine (C=N–C) groups is 1. The highest BCUT2D eigenvalue weighted by atomic mass is 32.2. The molecule has 1 aliphatic carbocycles. The fourth-order valence-corrected chi connectivity index (χ4v) is 6.54. The van der Waals surface area contributed by atoms with Crippen molar-refractivity contribution in [2.75, 3.05) is 19.8 Å². The second-order valence-corrected chi connectivity index (χ2v) is 11.8. The van der Waals surface area contributed by atoms with Gasteiger partial charge in [0.25, 0.3) is 0 Å². The first-order chi connectivity index (χ1) is 21.6. The lowest BCUT2D eigenvalue weighted by Crippen LogP contribution is -2.38. The van der Waals surface area contributed by atoms with Crippen molar-refractivity contribution in [3.63, 3.8) is 0 Å². The van der Waals surface area contributed by atoms with Gasteiger partial charge in [-0.2, -0.15) is 0 Å². The fraction of sp³-hybridized carbons (Fsp3) is 0.265. The molecule has 0 saturated heterocycles. The largest absolute Gasteiger partial charge is 0.383 e. The summed E-state index contributed by atoms with van der Waals surface area (Å²) in [4.78, 5) is 31.9. The summed E-state index contributed by atoms with van der Waals surface area (Å²) < 4.78 is 5.17. The Morgan fingerprint density at radius 3 is 2.50 bits per heavy atom. The van der Waals surface area contributed by atoms with Gasteiger partial charge < -0.3 is 10.5 Å². The molecule has 6 rings (SSSR count). The number of pyridine rings is 2. The van der Waals surface area contributed by atoms with Crippen LogP contribution in [0.4, 0.5) is 5.82 Å². The highest BCUT2D eigenvalue weighted by Crippen LogP contribution is 2.32. The van der Waals surface area contributed by atoms with Gasteiger partial charge in [0.1, 0.15) is 17.2 Å². The fourth-order valence-electron chi connectivity index (χ4n) is 6.11. The minimum Gasteiger partial charge on any atom is -0.383 e. The second kappa shape index (κ2) is 13.4. The Morgan fingerprint density at radius 1 is 1.02 bits per heavy atom. The standard InChI is InChI=1S/C34H36N8OS/c1-36-32(40-44-22-43)25-12-16-26(17-13-25)41(2)21-23-10-14-27(15-11-23)42-33(28-9-6-20-37-31(28)35)39-30-19-18-29(38-34(30)42)24-7-4-3-5-8-24/h3-11,14-15,18-20,22,25-26H,12-13,16-17,21H2,1-2H3,(H2,35,37)(H,36,40). The number of nitrogens with two attached hydrogens (primary N) is 1. The Labute approximate surface area is 261 Å². The molecule has 2 aromatic carbocycles. The summed E-state index contributed by atoms with van der Waals surface area (Å²) in [5.74, 6) is 2.43. The zero-order valence-electron chi connectivity index (χ0n) is 24.9. The van der Waals surface area contributed by atoms with Crippen LogP contribution in [-0.2, 0) is 11.3 Å². The summed E-state index contributed by atoms with van der Waals surface area (Å²) in [5, 5.41) is 0. The van der Waals surface area contributed by atoms with Gasteiger partial charge in [-0.05, 0) is 74.7 Å². The van der Waals surface area contributed by atoms with Crippen molar-refractivity contribution in [3.05, 3.63) is 90.6 Å². The molecule has 0 aliphatic heterocycles. The highest BCUT2D eigenvalue weighted by molar-refractivity contribution is 8.10. The molecule has 9 nitrogen and oxygen atoms in total. The summed E-state index contributed by atoms with van der Waals surface area (Å²) in [5.41, 5.74) is 13.6. The van der Waals surface area contributed by atoms with E-state index in [1.807, 2.05) is 42.5 Å². The summed E-state index contributed by atoms with van der Waals surface area (Å²) >= 11 is 1.05. The number of nitrogens with one attached hydrogen (secondary N) is 1. The van der Waals surface area contributed by atoms with Crippen LogP contribution in [-0.4, -0.2) is 56.0 Å². The van der Waals surface area contributed by atoms with Gasteiger partial charge in [-0.3, -0.25) is 19.3 Å². The molecule has 3 heterocycles. The molecule has 0 spiro atoms. The molecule has 0 unspecified atom stereocenters. The van der Waals surface area contributed by atoms with E-state index in [1.54, 1.807) is 13.2 Å². The Morgan fingerprint density at radius 2 is 1.80 bits per heavy atom. The normalized spacial score (nSPS) is 17.2. The third kappa shape index (κ3) is 6.22. The number of carbonyl (C=O) groups excluding carboxylic acids is 1. The molecule has 44 heavy (non-hydrogen) atoms. The van der Waals surface area contributed by atoms with Crippen molar-refractivity contribution < 1.29 is 4.79 Å². The van der Waals surface area contributed by atoms with E-state index in [0.717, 1.165) is 89.3 Å². The first-order valence-corrected chi connectivity index (χ1v) is 15.7. The van der Waals surface area contributed by atoms with Crippen LogP contribution in [0.5, 0.6) is 0 Å². The number of imidazole rings is 1. The van der Waals surface area contributed by atoms with Crippen molar-refractivity contribution in [2.24, 2.45) is 10.9 Å². The minimum atomic E-state index is 0.375. The zero-order valence-corrected chi connectivity index (χ0v) is 25.7. The molecular weight excluding hydrogens is 568 g/mol. The number of carbonyl (C=O) groups is 1. The summed E-state index contributed by atoms with van der Waals surface area (Å²) in [6.07, 6.45) is 5.99. The van der Waals surface area contributed by atoms with Gasteiger partial charge >= 0.3 is 0 Å². The van der Waals surface area contributed by atoms with E-state index in [1.165, 1.54) is 5.56 Å². The van der Waals surface area contributed by atoms with Gasteiger partial charge in [0, 0.05) is 54.9 Å². The lowest BCUT2D eigenvalue weighted by Gasteiger charge is -2.35. The van der Waals surface area contributed by atoms with Gasteiger partial charge in [0.2, 0.25) is 0 Å². The van der Waals surface area contributed by atoms with Gasteiger partial charge in [0.05, 0.1) is 11.3 Å². The highest BCUT2D eigenvalue weighted by Gasteiger charge is 2.27. The van der Waals surface area contributed by atoms with Crippen molar-refractivity contribution >= 4 is 40.4 Å². The van der Waals surface area contributed by atoms with Crippen molar-refractivity contribution in [1.82, 2.24) is 29.1 Å².